The number of carbonyl (C=O) groups is 2. The normalized spacial score (nSPS) is 13.5. The third-order valence-electron chi connectivity index (χ3n) is 6.52. The highest BCUT2D eigenvalue weighted by molar-refractivity contribution is 6.17. The van der Waals surface area contributed by atoms with Crippen molar-refractivity contribution in [2.45, 2.75) is 19.8 Å². The molecule has 39 heavy (non-hydrogen) atoms. The van der Waals surface area contributed by atoms with E-state index < -0.39 is 28.9 Å². The number of hydrogen-bond acceptors (Lipinski definition) is 7. The Balaban J connectivity index is 1.35. The van der Waals surface area contributed by atoms with Gasteiger partial charge in [-0.3, -0.25) is 14.6 Å². The smallest absolute Gasteiger partial charge is 0.256 e. The van der Waals surface area contributed by atoms with Crippen LogP contribution in [0, 0.1) is 24.0 Å². The number of anilines is 2. The van der Waals surface area contributed by atoms with Crippen LogP contribution in [0.4, 0.5) is 20.2 Å². The van der Waals surface area contributed by atoms with E-state index in [1.165, 1.54) is 44.7 Å². The Hall–Kier alpha value is -4.80. The van der Waals surface area contributed by atoms with Gasteiger partial charge in [-0.1, -0.05) is 0 Å². The van der Waals surface area contributed by atoms with E-state index in [-0.39, 0.29) is 23.0 Å². The van der Waals surface area contributed by atoms with E-state index in [0.717, 1.165) is 6.07 Å². The first-order chi connectivity index (χ1) is 18.7. The molecule has 200 valence electrons. The SMILES string of the molecule is COc1cc2nccc(Oc3nc(C)c(NC(=O)C4(C(=O)Nc5ccc(F)cc5)CC4)cc3F)c2cc1OC. The average molecular weight is 535 g/mol. The zero-order chi connectivity index (χ0) is 27.7. The van der Waals surface area contributed by atoms with Gasteiger partial charge in [0.25, 0.3) is 5.88 Å². The summed E-state index contributed by atoms with van der Waals surface area (Å²) in [6.07, 6.45) is 2.16. The topological polar surface area (TPSA) is 112 Å². The van der Waals surface area contributed by atoms with Crippen molar-refractivity contribution < 1.29 is 32.6 Å². The zero-order valence-corrected chi connectivity index (χ0v) is 21.3. The van der Waals surface area contributed by atoms with Crippen LogP contribution in [0.3, 0.4) is 0 Å². The Morgan fingerprint density at radius 2 is 1.56 bits per heavy atom. The van der Waals surface area contributed by atoms with Crippen molar-refractivity contribution in [2.24, 2.45) is 5.41 Å². The lowest BCUT2D eigenvalue weighted by molar-refractivity contribution is -0.131. The monoisotopic (exact) mass is 534 g/mol. The number of rotatable bonds is 8. The van der Waals surface area contributed by atoms with Crippen LogP contribution in [0.1, 0.15) is 18.5 Å². The molecular formula is C28H24F2N4O5. The first-order valence-corrected chi connectivity index (χ1v) is 12.0. The van der Waals surface area contributed by atoms with Gasteiger partial charge < -0.3 is 24.8 Å². The molecule has 0 radical (unpaired) electrons. The lowest BCUT2D eigenvalue weighted by Crippen LogP contribution is -2.35. The van der Waals surface area contributed by atoms with Gasteiger partial charge in [-0.25, -0.2) is 13.8 Å². The van der Waals surface area contributed by atoms with E-state index in [1.54, 1.807) is 25.1 Å². The van der Waals surface area contributed by atoms with Crippen LogP contribution < -0.4 is 24.8 Å². The summed E-state index contributed by atoms with van der Waals surface area (Å²) in [4.78, 5) is 34.4. The highest BCUT2D eigenvalue weighted by Gasteiger charge is 2.56. The number of amides is 2. The Labute approximate surface area is 222 Å². The number of benzene rings is 2. The largest absolute Gasteiger partial charge is 0.493 e. The second-order valence-electron chi connectivity index (χ2n) is 9.04. The number of methoxy groups -OCH3 is 2. The number of aromatic nitrogens is 2. The lowest BCUT2D eigenvalue weighted by Gasteiger charge is -2.17. The van der Waals surface area contributed by atoms with Crippen molar-refractivity contribution >= 4 is 34.1 Å². The fourth-order valence-electron chi connectivity index (χ4n) is 4.11. The Morgan fingerprint density at radius 3 is 2.23 bits per heavy atom. The number of nitrogens with one attached hydrogen (secondary N) is 2. The van der Waals surface area contributed by atoms with E-state index in [0.29, 0.717) is 40.9 Å². The van der Waals surface area contributed by atoms with Crippen LogP contribution in [-0.2, 0) is 9.59 Å². The number of fused-ring (bicyclic) bond motifs is 1. The molecule has 0 aliphatic heterocycles. The van der Waals surface area contributed by atoms with Crippen LogP contribution >= 0.6 is 0 Å². The summed E-state index contributed by atoms with van der Waals surface area (Å²) in [7, 11) is 3.01. The van der Waals surface area contributed by atoms with Crippen molar-refractivity contribution in [1.82, 2.24) is 9.97 Å². The Morgan fingerprint density at radius 1 is 0.897 bits per heavy atom. The second-order valence-corrected chi connectivity index (χ2v) is 9.04. The molecule has 2 N–H and O–H groups in total. The number of halogens is 2. The minimum atomic E-state index is -1.30. The first-order valence-electron chi connectivity index (χ1n) is 12.0. The van der Waals surface area contributed by atoms with Crippen LogP contribution in [0.15, 0.2) is 54.7 Å². The van der Waals surface area contributed by atoms with Gasteiger partial charge in [-0.15, -0.1) is 0 Å². The van der Waals surface area contributed by atoms with E-state index in [1.807, 2.05) is 0 Å². The van der Waals surface area contributed by atoms with Crippen molar-refractivity contribution in [3.05, 3.63) is 72.1 Å². The number of hydrogen-bond donors (Lipinski definition) is 2. The highest BCUT2D eigenvalue weighted by Crippen LogP contribution is 2.48. The lowest BCUT2D eigenvalue weighted by atomic mass is 10.0. The third kappa shape index (κ3) is 5.02. The molecule has 9 nitrogen and oxygen atoms in total. The maximum atomic E-state index is 15.1. The maximum Gasteiger partial charge on any atom is 0.256 e. The number of pyridine rings is 2. The Bertz CT molecular complexity index is 1590. The van der Waals surface area contributed by atoms with Gasteiger partial charge in [-0.2, -0.15) is 0 Å². The summed E-state index contributed by atoms with van der Waals surface area (Å²) in [5.41, 5.74) is -0.00287. The molecule has 0 bridgehead atoms. The van der Waals surface area contributed by atoms with Gasteiger partial charge >= 0.3 is 0 Å². The summed E-state index contributed by atoms with van der Waals surface area (Å²) >= 11 is 0. The summed E-state index contributed by atoms with van der Waals surface area (Å²) in [5, 5.41) is 5.80. The predicted molar refractivity (Wildman–Crippen MR) is 139 cm³/mol. The maximum absolute atomic E-state index is 15.1. The molecule has 5 rings (SSSR count). The fraction of sp³-hybridized carbons (Fsp3) is 0.214. The average Bonchev–Trinajstić information content (AvgIpc) is 3.74. The van der Waals surface area contributed by atoms with Crippen LogP contribution in [0.25, 0.3) is 10.9 Å². The van der Waals surface area contributed by atoms with Gasteiger partial charge in [0.15, 0.2) is 17.3 Å². The third-order valence-corrected chi connectivity index (χ3v) is 6.52. The molecule has 1 saturated carbocycles. The van der Waals surface area contributed by atoms with E-state index in [9.17, 15) is 14.0 Å². The summed E-state index contributed by atoms with van der Waals surface area (Å²) in [6, 6.07) is 11.2. The van der Waals surface area contributed by atoms with Crippen LogP contribution in [0.2, 0.25) is 0 Å². The molecular weight excluding hydrogens is 510 g/mol. The minimum Gasteiger partial charge on any atom is -0.493 e. The van der Waals surface area contributed by atoms with Gasteiger partial charge in [0, 0.05) is 29.4 Å². The van der Waals surface area contributed by atoms with E-state index in [2.05, 4.69) is 20.6 Å². The van der Waals surface area contributed by atoms with Crippen molar-refractivity contribution in [1.29, 1.82) is 0 Å². The fourth-order valence-corrected chi connectivity index (χ4v) is 4.11. The molecule has 0 spiro atoms. The Kier molecular flexibility index (Phi) is 6.73. The quantitative estimate of drug-likeness (QED) is 0.292. The standard InChI is InChI=1S/C28H24F2N4O5/c1-15-20(34-27(36)28(9-10-28)26(35)33-17-6-4-16(29)5-7-17)13-19(30)25(32-15)39-22-8-11-31-21-14-24(38-3)23(37-2)12-18(21)22/h4-8,11-14H,9-10H2,1-3H3,(H,33,35)(H,34,36). The molecule has 1 aliphatic rings. The van der Waals surface area contributed by atoms with E-state index in [4.69, 9.17) is 14.2 Å². The van der Waals surface area contributed by atoms with E-state index >= 15 is 4.39 Å². The molecule has 11 heteroatoms. The van der Waals surface area contributed by atoms with Gasteiger partial charge in [0.1, 0.15) is 17.0 Å². The van der Waals surface area contributed by atoms with Crippen LogP contribution in [-0.4, -0.2) is 36.0 Å². The van der Waals surface area contributed by atoms with Crippen molar-refractivity contribution in [3.63, 3.8) is 0 Å². The summed E-state index contributed by atoms with van der Waals surface area (Å²) in [5.74, 6) is -1.45. The molecule has 0 atom stereocenters. The van der Waals surface area contributed by atoms with Crippen molar-refractivity contribution in [3.8, 4) is 23.1 Å². The predicted octanol–water partition coefficient (Wildman–Crippen LogP) is 5.38. The summed E-state index contributed by atoms with van der Waals surface area (Å²) < 4.78 is 44.7. The molecule has 0 saturated heterocycles. The molecule has 2 heterocycles. The summed E-state index contributed by atoms with van der Waals surface area (Å²) in [6.45, 7) is 1.58. The number of carbonyl (C=O) groups excluding carboxylic acids is 2. The molecule has 4 aromatic rings. The molecule has 1 aliphatic carbocycles. The van der Waals surface area contributed by atoms with Gasteiger partial charge in [0.2, 0.25) is 11.8 Å². The minimum absolute atomic E-state index is 0.108. The molecule has 0 unspecified atom stereocenters. The second kappa shape index (κ2) is 10.2. The first kappa shape index (κ1) is 25.8. The molecule has 2 amide bonds. The van der Waals surface area contributed by atoms with Crippen molar-refractivity contribution in [2.75, 3.05) is 24.9 Å². The highest BCUT2D eigenvalue weighted by atomic mass is 19.1. The zero-order valence-electron chi connectivity index (χ0n) is 21.3. The molecule has 2 aromatic heterocycles. The molecule has 2 aromatic carbocycles. The van der Waals surface area contributed by atoms with Gasteiger partial charge in [-0.05, 0) is 56.2 Å². The van der Waals surface area contributed by atoms with Gasteiger partial charge in [0.05, 0.1) is 31.1 Å². The molecule has 1 fully saturated rings. The number of aryl methyl sites for hydroxylation is 1. The van der Waals surface area contributed by atoms with Crippen LogP contribution in [0.5, 0.6) is 23.1 Å². The number of nitrogens with zero attached hydrogens (tertiary/aromatic N) is 2. The number of ether oxygens (including phenoxy) is 3.